The van der Waals surface area contributed by atoms with Crippen LogP contribution in [0.3, 0.4) is 0 Å². The van der Waals surface area contributed by atoms with Crippen molar-refractivity contribution in [3.63, 3.8) is 0 Å². The Balaban J connectivity index is 2.10. The maximum Gasteiger partial charge on any atom is 0.170 e. The number of ether oxygens (including phenoxy) is 1. The van der Waals surface area contributed by atoms with Crippen LogP contribution in [0.1, 0.15) is 30.2 Å². The van der Waals surface area contributed by atoms with Crippen molar-refractivity contribution in [2.24, 2.45) is 7.05 Å². The number of rotatable bonds is 4. The third-order valence-corrected chi connectivity index (χ3v) is 2.98. The Kier molecular flexibility index (Phi) is 3.80. The summed E-state index contributed by atoms with van der Waals surface area (Å²) in [5.74, 6) is 1.02. The lowest BCUT2D eigenvalue weighted by atomic mass is 10.1. The molecule has 0 saturated carbocycles. The zero-order valence-corrected chi connectivity index (χ0v) is 11.1. The summed E-state index contributed by atoms with van der Waals surface area (Å²) in [6.45, 7) is 3.55. The van der Waals surface area contributed by atoms with Crippen LogP contribution < -0.4 is 4.74 Å². The summed E-state index contributed by atoms with van der Waals surface area (Å²) in [4.78, 5) is 0. The van der Waals surface area contributed by atoms with Crippen molar-refractivity contribution < 1.29 is 14.2 Å². The van der Waals surface area contributed by atoms with Crippen molar-refractivity contribution in [1.29, 1.82) is 0 Å². The number of aliphatic hydroxyl groups excluding tert-OH is 1. The van der Waals surface area contributed by atoms with Crippen LogP contribution in [-0.4, -0.2) is 19.9 Å². The smallest absolute Gasteiger partial charge is 0.170 e. The van der Waals surface area contributed by atoms with E-state index in [1.165, 1.54) is 12.1 Å². The van der Waals surface area contributed by atoms with Crippen molar-refractivity contribution in [1.82, 2.24) is 14.8 Å². The Labute approximate surface area is 110 Å². The molecular weight excluding hydrogens is 249 g/mol. The number of benzene rings is 1. The van der Waals surface area contributed by atoms with Crippen molar-refractivity contribution in [2.45, 2.75) is 26.6 Å². The molecule has 102 valence electrons. The maximum atomic E-state index is 13.7. The normalized spacial score (nSPS) is 12.5. The van der Waals surface area contributed by atoms with E-state index in [1.54, 1.807) is 17.6 Å². The molecule has 0 radical (unpaired) electrons. The van der Waals surface area contributed by atoms with Gasteiger partial charge in [0.15, 0.2) is 17.4 Å². The average molecular weight is 265 g/mol. The first-order chi connectivity index (χ1) is 8.99. The third-order valence-electron chi connectivity index (χ3n) is 2.98. The highest BCUT2D eigenvalue weighted by Gasteiger charge is 2.10. The van der Waals surface area contributed by atoms with E-state index in [9.17, 15) is 9.50 Å². The molecule has 0 bridgehead atoms. The Hall–Kier alpha value is -1.95. The van der Waals surface area contributed by atoms with Crippen LogP contribution in [0.25, 0.3) is 0 Å². The minimum atomic E-state index is -0.704. The number of hydrogen-bond donors (Lipinski definition) is 1. The summed E-state index contributed by atoms with van der Waals surface area (Å²) in [7, 11) is 1.82. The minimum Gasteiger partial charge on any atom is -0.483 e. The topological polar surface area (TPSA) is 60.2 Å². The molecule has 0 amide bonds. The van der Waals surface area contributed by atoms with E-state index in [1.807, 2.05) is 14.0 Å². The van der Waals surface area contributed by atoms with Gasteiger partial charge in [0, 0.05) is 7.05 Å². The highest BCUT2D eigenvalue weighted by Crippen LogP contribution is 2.22. The van der Waals surface area contributed by atoms with Gasteiger partial charge in [-0.2, -0.15) is 0 Å². The Morgan fingerprint density at radius 2 is 2.16 bits per heavy atom. The maximum absolute atomic E-state index is 13.7. The zero-order valence-electron chi connectivity index (χ0n) is 11.1. The quantitative estimate of drug-likeness (QED) is 0.917. The molecular formula is C13H16FN3O2. The molecule has 2 aromatic rings. The highest BCUT2D eigenvalue weighted by atomic mass is 19.1. The van der Waals surface area contributed by atoms with Crippen LogP contribution in [0.4, 0.5) is 4.39 Å². The zero-order chi connectivity index (χ0) is 14.0. The first kappa shape index (κ1) is 13.5. The first-order valence-electron chi connectivity index (χ1n) is 5.94. The SMILES string of the molecule is Cc1nnc(COc2ccc(C(C)O)cc2F)n1C. The Bertz CT molecular complexity index is 581. The Morgan fingerprint density at radius 3 is 2.68 bits per heavy atom. The largest absolute Gasteiger partial charge is 0.483 e. The fourth-order valence-electron chi connectivity index (χ4n) is 1.61. The molecule has 6 heteroatoms. The number of hydrogen-bond acceptors (Lipinski definition) is 4. The molecule has 0 fully saturated rings. The monoisotopic (exact) mass is 265 g/mol. The summed E-state index contributed by atoms with van der Waals surface area (Å²) in [5.41, 5.74) is 0.513. The molecule has 1 aromatic carbocycles. The third kappa shape index (κ3) is 2.90. The van der Waals surface area contributed by atoms with Crippen molar-refractivity contribution >= 4 is 0 Å². The van der Waals surface area contributed by atoms with E-state index < -0.39 is 11.9 Å². The van der Waals surface area contributed by atoms with E-state index in [-0.39, 0.29) is 12.4 Å². The molecule has 0 saturated heterocycles. The van der Waals surface area contributed by atoms with Crippen LogP contribution in [0.5, 0.6) is 5.75 Å². The summed E-state index contributed by atoms with van der Waals surface area (Å²) in [5, 5.41) is 17.2. The standard InChI is InChI=1S/C13H16FN3O2/c1-8(18)10-4-5-12(11(14)6-10)19-7-13-16-15-9(2)17(13)3/h4-6,8,18H,7H2,1-3H3. The summed E-state index contributed by atoms with van der Waals surface area (Å²) >= 11 is 0. The second kappa shape index (κ2) is 5.36. The lowest BCUT2D eigenvalue weighted by Gasteiger charge is -2.09. The summed E-state index contributed by atoms with van der Waals surface area (Å²) in [6.07, 6.45) is -0.704. The van der Waals surface area contributed by atoms with Crippen molar-refractivity contribution in [2.75, 3.05) is 0 Å². The van der Waals surface area contributed by atoms with Crippen LogP contribution in [0.15, 0.2) is 18.2 Å². The predicted molar refractivity (Wildman–Crippen MR) is 67.1 cm³/mol. The fraction of sp³-hybridized carbons (Fsp3) is 0.385. The molecule has 0 spiro atoms. The van der Waals surface area contributed by atoms with E-state index in [0.717, 1.165) is 5.82 Å². The van der Waals surface area contributed by atoms with Crippen LogP contribution in [-0.2, 0) is 13.7 Å². The number of halogens is 1. The van der Waals surface area contributed by atoms with Crippen molar-refractivity contribution in [3.8, 4) is 5.75 Å². The van der Waals surface area contributed by atoms with Crippen LogP contribution in [0, 0.1) is 12.7 Å². The number of aryl methyl sites for hydroxylation is 1. The van der Waals surface area contributed by atoms with Gasteiger partial charge >= 0.3 is 0 Å². The van der Waals surface area contributed by atoms with Gasteiger partial charge in [0.25, 0.3) is 0 Å². The second-order valence-corrected chi connectivity index (χ2v) is 4.38. The molecule has 1 N–H and O–H groups in total. The highest BCUT2D eigenvalue weighted by molar-refractivity contribution is 5.30. The number of aromatic nitrogens is 3. The number of aliphatic hydroxyl groups is 1. The molecule has 1 atom stereocenters. The molecule has 1 heterocycles. The van der Waals surface area contributed by atoms with Crippen LogP contribution in [0.2, 0.25) is 0 Å². The van der Waals surface area contributed by atoms with Gasteiger partial charge in [0.05, 0.1) is 6.10 Å². The molecule has 2 rings (SSSR count). The van der Waals surface area contributed by atoms with Gasteiger partial charge in [0.2, 0.25) is 0 Å². The van der Waals surface area contributed by atoms with Gasteiger partial charge < -0.3 is 14.4 Å². The lowest BCUT2D eigenvalue weighted by molar-refractivity contribution is 0.198. The molecule has 0 aliphatic heterocycles. The minimum absolute atomic E-state index is 0.130. The number of nitrogens with zero attached hydrogens (tertiary/aromatic N) is 3. The van der Waals surface area contributed by atoms with E-state index >= 15 is 0 Å². The predicted octanol–water partition coefficient (Wildman–Crippen LogP) is 1.89. The lowest BCUT2D eigenvalue weighted by Crippen LogP contribution is -2.05. The van der Waals surface area contributed by atoms with Crippen molar-refractivity contribution in [3.05, 3.63) is 41.2 Å². The molecule has 5 nitrogen and oxygen atoms in total. The molecule has 1 unspecified atom stereocenters. The van der Waals surface area contributed by atoms with Gasteiger partial charge in [-0.25, -0.2) is 4.39 Å². The van der Waals surface area contributed by atoms with Gasteiger partial charge in [0.1, 0.15) is 12.4 Å². The van der Waals surface area contributed by atoms with E-state index in [0.29, 0.717) is 11.4 Å². The van der Waals surface area contributed by atoms with E-state index in [2.05, 4.69) is 10.2 Å². The Morgan fingerprint density at radius 1 is 1.42 bits per heavy atom. The van der Waals surface area contributed by atoms with Gasteiger partial charge in [-0.05, 0) is 31.5 Å². The molecule has 19 heavy (non-hydrogen) atoms. The second-order valence-electron chi connectivity index (χ2n) is 4.38. The van der Waals surface area contributed by atoms with E-state index in [4.69, 9.17) is 4.74 Å². The van der Waals surface area contributed by atoms with Gasteiger partial charge in [-0.1, -0.05) is 6.07 Å². The first-order valence-corrected chi connectivity index (χ1v) is 5.94. The van der Waals surface area contributed by atoms with Gasteiger partial charge in [-0.3, -0.25) is 0 Å². The van der Waals surface area contributed by atoms with Gasteiger partial charge in [-0.15, -0.1) is 10.2 Å². The molecule has 0 aliphatic carbocycles. The van der Waals surface area contributed by atoms with Crippen LogP contribution >= 0.6 is 0 Å². The molecule has 0 aliphatic rings. The molecule has 1 aromatic heterocycles. The average Bonchev–Trinajstić information content (AvgIpc) is 2.68. The fourth-order valence-corrected chi connectivity index (χ4v) is 1.61. The summed E-state index contributed by atoms with van der Waals surface area (Å²) in [6, 6.07) is 4.40. The summed E-state index contributed by atoms with van der Waals surface area (Å²) < 4.78 is 20.9.